The normalized spacial score (nSPS) is 23.5. The fourth-order valence-electron chi connectivity index (χ4n) is 4.10. The van der Waals surface area contributed by atoms with Crippen molar-refractivity contribution in [3.8, 4) is 11.5 Å². The van der Waals surface area contributed by atoms with E-state index in [1.165, 1.54) is 0 Å². The Bertz CT molecular complexity index is 836. The predicted octanol–water partition coefficient (Wildman–Crippen LogP) is 3.76. The van der Waals surface area contributed by atoms with Crippen LogP contribution in [0.15, 0.2) is 12.1 Å². The summed E-state index contributed by atoms with van der Waals surface area (Å²) in [4.78, 5) is 2.35. The van der Waals surface area contributed by atoms with Gasteiger partial charge in [0.05, 0.1) is 0 Å². The van der Waals surface area contributed by atoms with Crippen molar-refractivity contribution in [1.82, 2.24) is 4.90 Å². The van der Waals surface area contributed by atoms with Gasteiger partial charge >= 0.3 is 15.6 Å². The maximum Gasteiger partial charge on any atom is 0.534 e. The molecule has 0 saturated heterocycles. The summed E-state index contributed by atoms with van der Waals surface area (Å²) in [6.45, 7) is 0.215. The van der Waals surface area contributed by atoms with Gasteiger partial charge in [0.25, 0.3) is 0 Å². The molecular weight excluding hydrogens is 402 g/mol. The second-order valence-corrected chi connectivity index (χ2v) is 9.16. The maximum atomic E-state index is 14.2. The molecule has 0 aromatic heterocycles. The van der Waals surface area contributed by atoms with Gasteiger partial charge in [0.2, 0.25) is 0 Å². The molecule has 4 rings (SSSR count). The minimum Gasteiger partial charge on any atom is -0.488 e. The van der Waals surface area contributed by atoms with Gasteiger partial charge in [0, 0.05) is 23.7 Å². The highest BCUT2D eigenvalue weighted by atomic mass is 32.2. The van der Waals surface area contributed by atoms with Crippen LogP contribution in [-0.2, 0) is 16.5 Å². The molecule has 1 aromatic rings. The number of benzene rings is 1. The summed E-state index contributed by atoms with van der Waals surface area (Å²) in [7, 11) is -5.85. The van der Waals surface area contributed by atoms with Crippen LogP contribution >= 0.6 is 0 Å². The molecule has 5 nitrogen and oxygen atoms in total. The second-order valence-electron chi connectivity index (χ2n) is 7.62. The Hall–Kier alpha value is -1.55. The first kappa shape index (κ1) is 19.8. The summed E-state index contributed by atoms with van der Waals surface area (Å²) < 4.78 is 85.1. The van der Waals surface area contributed by atoms with Crippen molar-refractivity contribution in [3.63, 3.8) is 0 Å². The van der Waals surface area contributed by atoms with Crippen LogP contribution in [0.4, 0.5) is 17.6 Å². The number of fused-ring (bicyclic) bond motifs is 1. The molecule has 2 saturated carbocycles. The Morgan fingerprint density at radius 3 is 2.14 bits per heavy atom. The smallest absolute Gasteiger partial charge is 0.488 e. The van der Waals surface area contributed by atoms with Crippen molar-refractivity contribution in [2.24, 2.45) is 0 Å². The Kier molecular flexibility index (Phi) is 4.97. The van der Waals surface area contributed by atoms with E-state index in [1.54, 1.807) is 0 Å². The summed E-state index contributed by atoms with van der Waals surface area (Å²) in [5.41, 5.74) is -5.53. The van der Waals surface area contributed by atoms with Gasteiger partial charge < -0.3 is 8.92 Å². The number of ether oxygens (including phenoxy) is 1. The average molecular weight is 423 g/mol. The van der Waals surface area contributed by atoms with Crippen LogP contribution in [0, 0.1) is 5.82 Å². The van der Waals surface area contributed by atoms with E-state index in [4.69, 9.17) is 4.74 Å². The van der Waals surface area contributed by atoms with Crippen molar-refractivity contribution >= 4 is 10.1 Å². The molecule has 2 fully saturated rings. The van der Waals surface area contributed by atoms with E-state index in [9.17, 15) is 26.0 Å². The van der Waals surface area contributed by atoms with Crippen LogP contribution in [-0.4, -0.2) is 43.6 Å². The number of hydrogen-bond donors (Lipinski definition) is 0. The fraction of sp³-hybridized carbons (Fsp3) is 0.667. The molecule has 0 spiro atoms. The number of rotatable bonds is 5. The Morgan fingerprint density at radius 1 is 1.04 bits per heavy atom. The molecule has 156 valence electrons. The molecule has 0 amide bonds. The molecule has 2 aliphatic carbocycles. The molecule has 1 aliphatic heterocycles. The number of halogens is 4. The molecule has 0 radical (unpaired) electrons. The van der Waals surface area contributed by atoms with Gasteiger partial charge in [-0.3, -0.25) is 4.90 Å². The van der Waals surface area contributed by atoms with Crippen LogP contribution in [0.25, 0.3) is 0 Å². The quantitative estimate of drug-likeness (QED) is 0.410. The summed E-state index contributed by atoms with van der Waals surface area (Å²) in [5.74, 6) is -1.50. The summed E-state index contributed by atoms with van der Waals surface area (Å²) in [5, 5.41) is 0. The van der Waals surface area contributed by atoms with E-state index in [1.807, 2.05) is 0 Å². The second kappa shape index (κ2) is 7.05. The molecule has 1 heterocycles. The largest absolute Gasteiger partial charge is 0.534 e. The highest BCUT2D eigenvalue weighted by Gasteiger charge is 2.49. The van der Waals surface area contributed by atoms with Gasteiger partial charge in [0.1, 0.15) is 12.4 Å². The fourth-order valence-corrected chi connectivity index (χ4v) is 4.59. The van der Waals surface area contributed by atoms with Crippen molar-refractivity contribution in [1.29, 1.82) is 0 Å². The third kappa shape index (κ3) is 3.45. The van der Waals surface area contributed by atoms with Crippen LogP contribution in [0.1, 0.15) is 44.1 Å². The molecule has 0 unspecified atom stereocenters. The minimum atomic E-state index is -5.85. The van der Waals surface area contributed by atoms with Gasteiger partial charge in [-0.15, -0.1) is 0 Å². The monoisotopic (exact) mass is 423 g/mol. The van der Waals surface area contributed by atoms with E-state index >= 15 is 0 Å². The molecule has 1 aromatic carbocycles. The molecular formula is C18H21F4NO4S. The average Bonchev–Trinajstić information content (AvgIpc) is 2.52. The van der Waals surface area contributed by atoms with E-state index in [0.29, 0.717) is 12.1 Å². The topological polar surface area (TPSA) is 55.8 Å². The zero-order valence-electron chi connectivity index (χ0n) is 15.0. The maximum absolute atomic E-state index is 14.2. The minimum absolute atomic E-state index is 0.0349. The summed E-state index contributed by atoms with van der Waals surface area (Å²) >= 11 is 0. The molecule has 1 atom stereocenters. The van der Waals surface area contributed by atoms with Crippen LogP contribution in [0.2, 0.25) is 0 Å². The van der Waals surface area contributed by atoms with E-state index in [-0.39, 0.29) is 30.4 Å². The Morgan fingerprint density at radius 2 is 1.64 bits per heavy atom. The van der Waals surface area contributed by atoms with Crippen LogP contribution in [0.3, 0.4) is 0 Å². The first-order valence-corrected chi connectivity index (χ1v) is 10.8. The number of alkyl halides is 3. The van der Waals surface area contributed by atoms with E-state index in [0.717, 1.165) is 50.7 Å². The lowest BCUT2D eigenvalue weighted by atomic mass is 9.82. The number of nitrogens with zero attached hydrogens (tertiary/aromatic N) is 1. The molecule has 3 aliphatic rings. The highest BCUT2D eigenvalue weighted by Crippen LogP contribution is 2.42. The third-order valence-electron chi connectivity index (χ3n) is 5.93. The molecule has 28 heavy (non-hydrogen) atoms. The van der Waals surface area contributed by atoms with Gasteiger partial charge in [-0.05, 0) is 44.2 Å². The first-order valence-electron chi connectivity index (χ1n) is 9.40. The standard InChI is InChI=1S/C18H21F4NO4S/c19-15-7-8-16(27-28(24,25)18(20,21)22)14-9-13(10-26-17(14)15)23(11-3-1-4-11)12-5-2-6-12/h7-8,11-13H,1-6,9-10H2/t13-/m1/s1. The lowest BCUT2D eigenvalue weighted by Gasteiger charge is -2.50. The Balaban J connectivity index is 1.64. The zero-order chi connectivity index (χ0) is 20.1. The van der Waals surface area contributed by atoms with Crippen molar-refractivity contribution in [3.05, 3.63) is 23.5 Å². The van der Waals surface area contributed by atoms with Crippen molar-refractivity contribution < 1.29 is 34.9 Å². The van der Waals surface area contributed by atoms with Crippen LogP contribution in [0.5, 0.6) is 11.5 Å². The highest BCUT2D eigenvalue weighted by molar-refractivity contribution is 7.88. The summed E-state index contributed by atoms with van der Waals surface area (Å²) in [6.07, 6.45) is 6.64. The van der Waals surface area contributed by atoms with E-state index in [2.05, 4.69) is 9.08 Å². The van der Waals surface area contributed by atoms with E-state index < -0.39 is 27.2 Å². The first-order chi connectivity index (χ1) is 13.2. The molecule has 0 bridgehead atoms. The lowest BCUT2D eigenvalue weighted by Crippen LogP contribution is -2.57. The van der Waals surface area contributed by atoms with Gasteiger partial charge in [-0.1, -0.05) is 12.8 Å². The van der Waals surface area contributed by atoms with Crippen LogP contribution < -0.4 is 8.92 Å². The summed E-state index contributed by atoms with van der Waals surface area (Å²) in [6, 6.07) is 2.39. The molecule has 0 N–H and O–H groups in total. The molecule has 10 heteroatoms. The van der Waals surface area contributed by atoms with Gasteiger partial charge in [-0.2, -0.15) is 21.6 Å². The zero-order valence-corrected chi connectivity index (χ0v) is 15.9. The van der Waals surface area contributed by atoms with Crippen molar-refractivity contribution in [2.75, 3.05) is 6.61 Å². The SMILES string of the molecule is O=S(=O)(Oc1ccc(F)c2c1C[C@@H](N(C1CCC1)C1CCC1)CO2)C(F)(F)F. The number of hydrogen-bond acceptors (Lipinski definition) is 5. The van der Waals surface area contributed by atoms with Gasteiger partial charge in [0.15, 0.2) is 11.6 Å². The van der Waals surface area contributed by atoms with Crippen molar-refractivity contribution in [2.45, 2.75) is 68.6 Å². The predicted molar refractivity (Wildman–Crippen MR) is 92.1 cm³/mol. The third-order valence-corrected chi connectivity index (χ3v) is 6.89. The lowest BCUT2D eigenvalue weighted by molar-refractivity contribution is -0.0501. The Labute approximate surface area is 160 Å². The van der Waals surface area contributed by atoms with Gasteiger partial charge in [-0.25, -0.2) is 4.39 Å².